The maximum absolute atomic E-state index is 9.16. The van der Waals surface area contributed by atoms with Crippen LogP contribution in [0.3, 0.4) is 0 Å². The van der Waals surface area contributed by atoms with E-state index in [1.54, 1.807) is 10.7 Å². The largest absolute Gasteiger partial charge is 0.256 e. The van der Waals surface area contributed by atoms with E-state index in [-0.39, 0.29) is 11.3 Å². The highest BCUT2D eigenvalue weighted by Gasteiger charge is 2.21. The highest BCUT2D eigenvalue weighted by atomic mass is 79.9. The lowest BCUT2D eigenvalue weighted by molar-refractivity contribution is 0.562. The van der Waals surface area contributed by atoms with E-state index < -0.39 is 0 Å². The Morgan fingerprint density at radius 2 is 2.22 bits per heavy atom. The number of halogens is 1. The number of nitrogens with zero attached hydrogens (tertiary/aromatic N) is 4. The monoisotopic (exact) mass is 306 g/mol. The van der Waals surface area contributed by atoms with E-state index in [2.05, 4.69) is 52.9 Å². The first kappa shape index (κ1) is 13.0. The smallest absolute Gasteiger partial charge is 0.100 e. The summed E-state index contributed by atoms with van der Waals surface area (Å²) in [5.41, 5.74) is 2.68. The van der Waals surface area contributed by atoms with Gasteiger partial charge in [-0.15, -0.1) is 0 Å². The molecule has 0 saturated carbocycles. The van der Waals surface area contributed by atoms with Crippen molar-refractivity contribution in [2.45, 2.75) is 32.1 Å². The van der Waals surface area contributed by atoms with E-state index >= 15 is 0 Å². The highest BCUT2D eigenvalue weighted by molar-refractivity contribution is 9.09. The van der Waals surface area contributed by atoms with Crippen molar-refractivity contribution in [2.75, 3.05) is 5.33 Å². The van der Waals surface area contributed by atoms with Crippen LogP contribution in [0.25, 0.3) is 5.52 Å². The van der Waals surface area contributed by atoms with Gasteiger partial charge in [-0.3, -0.25) is 4.98 Å². The summed E-state index contributed by atoms with van der Waals surface area (Å²) < 4.78 is 1.80. The second kappa shape index (κ2) is 4.69. The van der Waals surface area contributed by atoms with E-state index in [0.29, 0.717) is 5.33 Å². The first-order valence-electron chi connectivity index (χ1n) is 5.77. The lowest BCUT2D eigenvalue weighted by Gasteiger charge is -2.13. The predicted octanol–water partition coefficient (Wildman–Crippen LogP) is 3.03. The van der Waals surface area contributed by atoms with Crippen LogP contribution in [0.15, 0.2) is 18.5 Å². The van der Waals surface area contributed by atoms with Crippen LogP contribution in [-0.2, 0) is 5.41 Å². The molecule has 5 heteroatoms. The normalized spacial score (nSPS) is 13.5. The Hall–Kier alpha value is -1.41. The number of alkyl halides is 1. The van der Waals surface area contributed by atoms with Gasteiger partial charge in [0.25, 0.3) is 0 Å². The molecule has 0 radical (unpaired) electrons. The van der Waals surface area contributed by atoms with Crippen LogP contribution >= 0.6 is 15.9 Å². The summed E-state index contributed by atoms with van der Waals surface area (Å²) >= 11 is 3.35. The average molecular weight is 307 g/mol. The SMILES string of the molecule is CC(C)(C)c1cc2c(C(C#N)CBr)nccn2n1. The van der Waals surface area contributed by atoms with Gasteiger partial charge in [0.05, 0.1) is 23.0 Å². The van der Waals surface area contributed by atoms with Crippen molar-refractivity contribution >= 4 is 21.4 Å². The van der Waals surface area contributed by atoms with Crippen LogP contribution in [0.1, 0.15) is 38.1 Å². The summed E-state index contributed by atoms with van der Waals surface area (Å²) in [7, 11) is 0. The van der Waals surface area contributed by atoms with Gasteiger partial charge in [-0.25, -0.2) is 4.52 Å². The molecule has 18 heavy (non-hydrogen) atoms. The maximum Gasteiger partial charge on any atom is 0.100 e. The van der Waals surface area contributed by atoms with Crippen LogP contribution in [-0.4, -0.2) is 19.9 Å². The Balaban J connectivity index is 2.63. The van der Waals surface area contributed by atoms with Gasteiger partial charge >= 0.3 is 0 Å². The van der Waals surface area contributed by atoms with Gasteiger partial charge in [-0.2, -0.15) is 10.4 Å². The van der Waals surface area contributed by atoms with Crippen molar-refractivity contribution in [3.05, 3.63) is 29.8 Å². The lowest BCUT2D eigenvalue weighted by atomic mass is 9.92. The number of aromatic nitrogens is 3. The molecule has 0 fully saturated rings. The quantitative estimate of drug-likeness (QED) is 0.801. The topological polar surface area (TPSA) is 54.0 Å². The standard InChI is InChI=1S/C13H15BrN4/c1-13(2,3)11-6-10-12(9(7-14)8-15)16-4-5-18(10)17-11/h4-6,9H,7H2,1-3H3. The summed E-state index contributed by atoms with van der Waals surface area (Å²) in [4.78, 5) is 4.33. The minimum absolute atomic E-state index is 0.0141. The van der Waals surface area contributed by atoms with E-state index in [0.717, 1.165) is 16.9 Å². The molecule has 2 heterocycles. The summed E-state index contributed by atoms with van der Waals surface area (Å²) in [5, 5.41) is 14.3. The van der Waals surface area contributed by atoms with Gasteiger partial charge in [0.2, 0.25) is 0 Å². The molecule has 0 amide bonds. The molecule has 0 saturated heterocycles. The van der Waals surface area contributed by atoms with Crippen molar-refractivity contribution in [3.8, 4) is 6.07 Å². The van der Waals surface area contributed by atoms with Gasteiger partial charge in [0.15, 0.2) is 0 Å². The number of hydrogen-bond donors (Lipinski definition) is 0. The molecule has 2 aromatic rings. The van der Waals surface area contributed by atoms with Gasteiger partial charge in [0.1, 0.15) is 5.92 Å². The molecule has 0 bridgehead atoms. The molecule has 1 atom stereocenters. The van der Waals surface area contributed by atoms with Crippen LogP contribution in [0.2, 0.25) is 0 Å². The van der Waals surface area contributed by atoms with Crippen molar-refractivity contribution in [1.82, 2.24) is 14.6 Å². The number of nitriles is 1. The average Bonchev–Trinajstić information content (AvgIpc) is 2.75. The molecular formula is C13H15BrN4. The lowest BCUT2D eigenvalue weighted by Crippen LogP contribution is -2.11. The number of hydrogen-bond acceptors (Lipinski definition) is 3. The number of fused-ring (bicyclic) bond motifs is 1. The zero-order valence-electron chi connectivity index (χ0n) is 10.7. The Bertz CT molecular complexity index is 603. The molecule has 0 aliphatic heterocycles. The molecule has 2 rings (SSSR count). The van der Waals surface area contributed by atoms with Crippen molar-refractivity contribution in [3.63, 3.8) is 0 Å². The van der Waals surface area contributed by atoms with Crippen LogP contribution in [0, 0.1) is 11.3 Å². The Labute approximate surface area is 115 Å². The second-order valence-corrected chi connectivity index (χ2v) is 5.91. The summed E-state index contributed by atoms with van der Waals surface area (Å²) in [5.74, 6) is -0.252. The van der Waals surface area contributed by atoms with Gasteiger partial charge in [0, 0.05) is 23.1 Å². The van der Waals surface area contributed by atoms with Crippen molar-refractivity contribution in [1.29, 1.82) is 5.26 Å². The fourth-order valence-electron chi connectivity index (χ4n) is 1.75. The molecule has 94 valence electrons. The minimum Gasteiger partial charge on any atom is -0.256 e. The van der Waals surface area contributed by atoms with E-state index in [9.17, 15) is 0 Å². The highest BCUT2D eigenvalue weighted by Crippen LogP contribution is 2.26. The fourth-order valence-corrected chi connectivity index (χ4v) is 2.20. The molecule has 0 N–H and O–H groups in total. The second-order valence-electron chi connectivity index (χ2n) is 5.26. The van der Waals surface area contributed by atoms with E-state index in [1.165, 1.54) is 0 Å². The Morgan fingerprint density at radius 1 is 1.50 bits per heavy atom. The molecule has 0 aliphatic carbocycles. The Kier molecular flexibility index (Phi) is 3.40. The van der Waals surface area contributed by atoms with E-state index in [1.807, 2.05) is 12.3 Å². The molecular weight excluding hydrogens is 292 g/mol. The third-order valence-corrected chi connectivity index (χ3v) is 3.48. The number of rotatable bonds is 2. The molecule has 1 unspecified atom stereocenters. The molecule has 2 aromatic heterocycles. The molecule has 0 spiro atoms. The first-order chi connectivity index (χ1) is 8.47. The minimum atomic E-state index is -0.252. The molecule has 0 aliphatic rings. The summed E-state index contributed by atoms with van der Waals surface area (Å²) in [6.07, 6.45) is 3.51. The summed E-state index contributed by atoms with van der Waals surface area (Å²) in [6.45, 7) is 6.36. The van der Waals surface area contributed by atoms with E-state index in [4.69, 9.17) is 5.26 Å². The third-order valence-electron chi connectivity index (χ3n) is 2.83. The predicted molar refractivity (Wildman–Crippen MR) is 73.8 cm³/mol. The van der Waals surface area contributed by atoms with Crippen molar-refractivity contribution in [2.24, 2.45) is 0 Å². The molecule has 4 nitrogen and oxygen atoms in total. The first-order valence-corrected chi connectivity index (χ1v) is 6.90. The fraction of sp³-hybridized carbons (Fsp3) is 0.462. The summed E-state index contributed by atoms with van der Waals surface area (Å²) in [6, 6.07) is 4.28. The van der Waals surface area contributed by atoms with Gasteiger partial charge in [-0.1, -0.05) is 36.7 Å². The van der Waals surface area contributed by atoms with Crippen molar-refractivity contribution < 1.29 is 0 Å². The van der Waals surface area contributed by atoms with Gasteiger partial charge < -0.3 is 0 Å². The van der Waals surface area contributed by atoms with Crippen LogP contribution < -0.4 is 0 Å². The zero-order chi connectivity index (χ0) is 13.3. The Morgan fingerprint density at radius 3 is 2.78 bits per heavy atom. The van der Waals surface area contributed by atoms with Gasteiger partial charge in [-0.05, 0) is 6.07 Å². The van der Waals surface area contributed by atoms with Crippen LogP contribution in [0.4, 0.5) is 0 Å². The van der Waals surface area contributed by atoms with Crippen LogP contribution in [0.5, 0.6) is 0 Å². The third kappa shape index (κ3) is 2.25. The maximum atomic E-state index is 9.16. The molecule has 0 aromatic carbocycles. The zero-order valence-corrected chi connectivity index (χ0v) is 12.3.